The molecule has 2 rings (SSSR count). The molecule has 0 aliphatic carbocycles. The number of hydrogen-bond donors (Lipinski definition) is 1. The maximum atomic E-state index is 12.7. The lowest BCUT2D eigenvalue weighted by Gasteiger charge is -2.12. The maximum Gasteiger partial charge on any atom is 0.433 e. The average Bonchev–Trinajstić information content (AvgIpc) is 2.28. The van der Waals surface area contributed by atoms with E-state index in [1.54, 1.807) is 6.07 Å². The van der Waals surface area contributed by atoms with Crippen LogP contribution in [0.25, 0.3) is 10.9 Å². The van der Waals surface area contributed by atoms with Crippen LogP contribution < -0.4 is 5.32 Å². The van der Waals surface area contributed by atoms with Crippen molar-refractivity contribution in [3.8, 4) is 0 Å². The molecule has 0 unspecified atom stereocenters. The maximum absolute atomic E-state index is 12.7. The third-order valence-corrected chi connectivity index (χ3v) is 2.66. The number of pyridine rings is 1. The van der Waals surface area contributed by atoms with Gasteiger partial charge in [0.25, 0.3) is 0 Å². The molecular weight excluding hydrogens is 265 g/mol. The van der Waals surface area contributed by atoms with Crippen molar-refractivity contribution >= 4 is 28.2 Å². The Labute approximate surface area is 107 Å². The molecule has 2 nitrogen and oxygen atoms in total. The number of aromatic nitrogens is 1. The third kappa shape index (κ3) is 2.51. The largest absolute Gasteiger partial charge is 0.433 e. The smallest absolute Gasteiger partial charge is 0.385 e. The Balaban J connectivity index is 2.70. The number of fused-ring (bicyclic) bond motifs is 1. The van der Waals surface area contributed by atoms with E-state index in [0.717, 1.165) is 6.07 Å². The summed E-state index contributed by atoms with van der Waals surface area (Å²) in [5, 5.41) is 3.93. The molecule has 1 aromatic carbocycles. The van der Waals surface area contributed by atoms with E-state index in [0.29, 0.717) is 22.6 Å². The zero-order chi connectivity index (χ0) is 13.3. The Morgan fingerprint density at radius 2 is 2.00 bits per heavy atom. The normalized spacial score (nSPS) is 11.8. The monoisotopic (exact) mass is 274 g/mol. The summed E-state index contributed by atoms with van der Waals surface area (Å²) in [5.74, 6) is 0. The van der Waals surface area contributed by atoms with Crippen molar-refractivity contribution in [2.75, 3.05) is 11.9 Å². The molecular formula is C12H10ClF3N2. The standard InChI is InChI=1S/C12H10ClF3N2/c1-2-17-10-6-11(12(14,15)16)18-9-4-3-7(13)5-8(9)10/h3-6H,2H2,1H3,(H,17,18). The van der Waals surface area contributed by atoms with Crippen LogP contribution in [0, 0.1) is 0 Å². The average molecular weight is 275 g/mol. The van der Waals surface area contributed by atoms with Crippen LogP contribution >= 0.6 is 11.6 Å². The van der Waals surface area contributed by atoms with E-state index in [1.165, 1.54) is 12.1 Å². The SMILES string of the molecule is CCNc1cc(C(F)(F)F)nc2ccc(Cl)cc12. The lowest BCUT2D eigenvalue weighted by molar-refractivity contribution is -0.140. The molecule has 1 N–H and O–H groups in total. The van der Waals surface area contributed by atoms with Crippen molar-refractivity contribution in [1.29, 1.82) is 0 Å². The van der Waals surface area contributed by atoms with E-state index in [1.807, 2.05) is 6.92 Å². The van der Waals surface area contributed by atoms with Crippen LogP contribution in [0.2, 0.25) is 5.02 Å². The first-order chi connectivity index (χ1) is 8.41. The molecule has 18 heavy (non-hydrogen) atoms. The van der Waals surface area contributed by atoms with Gasteiger partial charge in [0.05, 0.1) is 5.52 Å². The first-order valence-corrected chi connectivity index (χ1v) is 5.71. The fourth-order valence-corrected chi connectivity index (χ4v) is 1.85. The molecule has 96 valence electrons. The summed E-state index contributed by atoms with van der Waals surface area (Å²) in [5.41, 5.74) is -0.254. The van der Waals surface area contributed by atoms with E-state index in [9.17, 15) is 13.2 Å². The zero-order valence-electron chi connectivity index (χ0n) is 9.48. The van der Waals surface area contributed by atoms with Gasteiger partial charge in [0.1, 0.15) is 5.69 Å². The molecule has 0 saturated heterocycles. The van der Waals surface area contributed by atoms with Gasteiger partial charge in [-0.2, -0.15) is 13.2 Å². The summed E-state index contributed by atoms with van der Waals surface area (Å²) in [7, 11) is 0. The fraction of sp³-hybridized carbons (Fsp3) is 0.250. The van der Waals surface area contributed by atoms with Crippen molar-refractivity contribution in [2.24, 2.45) is 0 Å². The molecule has 0 spiro atoms. The Morgan fingerprint density at radius 3 is 2.61 bits per heavy atom. The first kappa shape index (κ1) is 13.0. The van der Waals surface area contributed by atoms with Crippen LogP contribution in [0.15, 0.2) is 24.3 Å². The molecule has 0 aliphatic rings. The van der Waals surface area contributed by atoms with Gasteiger partial charge in [0.2, 0.25) is 0 Å². The number of benzene rings is 1. The Morgan fingerprint density at radius 1 is 1.28 bits per heavy atom. The zero-order valence-corrected chi connectivity index (χ0v) is 10.2. The van der Waals surface area contributed by atoms with E-state index in [4.69, 9.17) is 11.6 Å². The minimum atomic E-state index is -4.46. The second kappa shape index (κ2) is 4.65. The van der Waals surface area contributed by atoms with Crippen LogP contribution in [0.5, 0.6) is 0 Å². The van der Waals surface area contributed by atoms with Gasteiger partial charge in [-0.1, -0.05) is 11.6 Å². The second-order valence-corrected chi connectivity index (χ2v) is 4.18. The van der Waals surface area contributed by atoms with Gasteiger partial charge < -0.3 is 5.32 Å². The van der Waals surface area contributed by atoms with Gasteiger partial charge in [-0.3, -0.25) is 0 Å². The Bertz CT molecular complexity index is 581. The van der Waals surface area contributed by atoms with Gasteiger partial charge in [0.15, 0.2) is 0 Å². The van der Waals surface area contributed by atoms with E-state index < -0.39 is 11.9 Å². The summed E-state index contributed by atoms with van der Waals surface area (Å²) in [6.45, 7) is 2.33. The van der Waals surface area contributed by atoms with Crippen molar-refractivity contribution in [2.45, 2.75) is 13.1 Å². The van der Waals surface area contributed by atoms with Crippen LogP contribution in [-0.4, -0.2) is 11.5 Å². The minimum Gasteiger partial charge on any atom is -0.385 e. The number of hydrogen-bond acceptors (Lipinski definition) is 2. The van der Waals surface area contributed by atoms with Gasteiger partial charge in [-0.15, -0.1) is 0 Å². The van der Waals surface area contributed by atoms with Crippen molar-refractivity contribution in [3.63, 3.8) is 0 Å². The predicted molar refractivity (Wildman–Crippen MR) is 65.9 cm³/mol. The summed E-state index contributed by atoms with van der Waals surface area (Å²) in [6, 6.07) is 5.60. The quantitative estimate of drug-likeness (QED) is 0.881. The van der Waals surface area contributed by atoms with E-state index in [-0.39, 0.29) is 5.52 Å². The molecule has 0 atom stereocenters. The van der Waals surface area contributed by atoms with Gasteiger partial charge in [-0.25, -0.2) is 4.98 Å². The number of nitrogens with one attached hydrogen (secondary N) is 1. The summed E-state index contributed by atoms with van der Waals surface area (Å²) in [6.07, 6.45) is -4.46. The molecule has 1 aromatic heterocycles. The van der Waals surface area contributed by atoms with Gasteiger partial charge in [-0.05, 0) is 31.2 Å². The molecule has 0 bridgehead atoms. The van der Waals surface area contributed by atoms with Gasteiger partial charge >= 0.3 is 6.18 Å². The van der Waals surface area contributed by atoms with E-state index in [2.05, 4.69) is 10.3 Å². The molecule has 2 aromatic rings. The topological polar surface area (TPSA) is 24.9 Å². The molecule has 0 saturated carbocycles. The number of alkyl halides is 3. The predicted octanol–water partition coefficient (Wildman–Crippen LogP) is 4.34. The van der Waals surface area contributed by atoms with Crippen molar-refractivity contribution in [1.82, 2.24) is 4.98 Å². The molecule has 6 heteroatoms. The number of halogens is 4. The van der Waals surface area contributed by atoms with Crippen molar-refractivity contribution < 1.29 is 13.2 Å². The Hall–Kier alpha value is -1.49. The number of nitrogens with zero attached hydrogens (tertiary/aromatic N) is 1. The minimum absolute atomic E-state index is 0.269. The highest BCUT2D eigenvalue weighted by atomic mass is 35.5. The molecule has 1 heterocycles. The number of rotatable bonds is 2. The molecule has 0 aliphatic heterocycles. The number of anilines is 1. The van der Waals surface area contributed by atoms with Crippen LogP contribution in [-0.2, 0) is 6.18 Å². The van der Waals surface area contributed by atoms with Crippen LogP contribution in [0.3, 0.4) is 0 Å². The summed E-state index contributed by atoms with van der Waals surface area (Å²) >= 11 is 5.84. The first-order valence-electron chi connectivity index (χ1n) is 5.33. The van der Waals surface area contributed by atoms with E-state index >= 15 is 0 Å². The molecule has 0 amide bonds. The second-order valence-electron chi connectivity index (χ2n) is 3.74. The summed E-state index contributed by atoms with van der Waals surface area (Å²) in [4.78, 5) is 3.61. The van der Waals surface area contributed by atoms with Crippen molar-refractivity contribution in [3.05, 3.63) is 35.0 Å². The lowest BCUT2D eigenvalue weighted by Crippen LogP contribution is -2.10. The van der Waals surface area contributed by atoms with Gasteiger partial charge in [0, 0.05) is 22.6 Å². The van der Waals surface area contributed by atoms with Crippen LogP contribution in [0.1, 0.15) is 12.6 Å². The fourth-order valence-electron chi connectivity index (χ4n) is 1.68. The van der Waals surface area contributed by atoms with Crippen LogP contribution in [0.4, 0.5) is 18.9 Å². The summed E-state index contributed by atoms with van der Waals surface area (Å²) < 4.78 is 38.1. The highest BCUT2D eigenvalue weighted by molar-refractivity contribution is 6.31. The lowest BCUT2D eigenvalue weighted by atomic mass is 10.1. The molecule has 0 fully saturated rings. The third-order valence-electron chi connectivity index (χ3n) is 2.43. The highest BCUT2D eigenvalue weighted by Gasteiger charge is 2.33. The highest BCUT2D eigenvalue weighted by Crippen LogP contribution is 2.33. The Kier molecular flexibility index (Phi) is 3.34. The molecule has 0 radical (unpaired) electrons.